The lowest BCUT2D eigenvalue weighted by Crippen LogP contribution is -2.32. The standard InChI is InChI=1S/C9H11N.C4H7NO4/c10-9-6-5-7-3-1-2-4-8(7)9;5-2(4(8)9)1-3(6)7/h1-4,9H,5-6,10H2;2H,1,5H2,(H,6,7)(H,8,9)/t;2-/m.0/s1. The van der Waals surface area contributed by atoms with Crippen LogP contribution in [0.4, 0.5) is 0 Å². The fourth-order valence-electron chi connectivity index (χ4n) is 1.87. The first-order valence-corrected chi connectivity index (χ1v) is 5.95. The predicted molar refractivity (Wildman–Crippen MR) is 69.6 cm³/mol. The van der Waals surface area contributed by atoms with Gasteiger partial charge in [-0.3, -0.25) is 9.59 Å². The molecule has 0 bridgehead atoms. The number of carbonyl (C=O) groups is 2. The van der Waals surface area contributed by atoms with Gasteiger partial charge in [0.15, 0.2) is 0 Å². The van der Waals surface area contributed by atoms with E-state index in [1.807, 2.05) is 0 Å². The number of hydrogen-bond acceptors (Lipinski definition) is 4. The Labute approximate surface area is 111 Å². The van der Waals surface area contributed by atoms with Crippen molar-refractivity contribution < 1.29 is 19.8 Å². The third kappa shape index (κ3) is 4.69. The Balaban J connectivity index is 0.000000192. The Morgan fingerprint density at radius 3 is 2.42 bits per heavy atom. The average Bonchev–Trinajstić information content (AvgIpc) is 2.72. The zero-order chi connectivity index (χ0) is 14.4. The zero-order valence-corrected chi connectivity index (χ0v) is 10.5. The summed E-state index contributed by atoms with van der Waals surface area (Å²) in [7, 11) is 0. The Morgan fingerprint density at radius 1 is 1.32 bits per heavy atom. The minimum absolute atomic E-state index is 0.302. The third-order valence-electron chi connectivity index (χ3n) is 2.89. The van der Waals surface area contributed by atoms with Crippen LogP contribution in [-0.2, 0) is 16.0 Å². The number of aliphatic carboxylic acids is 2. The van der Waals surface area contributed by atoms with E-state index in [1.165, 1.54) is 11.1 Å². The molecule has 0 saturated carbocycles. The fraction of sp³-hybridized carbons (Fsp3) is 0.385. The summed E-state index contributed by atoms with van der Waals surface area (Å²) >= 11 is 0. The topological polar surface area (TPSA) is 127 Å². The summed E-state index contributed by atoms with van der Waals surface area (Å²) < 4.78 is 0. The van der Waals surface area contributed by atoms with E-state index >= 15 is 0 Å². The molecular formula is C13H18N2O4. The Kier molecular flexibility index (Phi) is 5.47. The number of hydrogen-bond donors (Lipinski definition) is 4. The van der Waals surface area contributed by atoms with Gasteiger partial charge in [0.2, 0.25) is 0 Å². The van der Waals surface area contributed by atoms with E-state index in [-0.39, 0.29) is 0 Å². The lowest BCUT2D eigenvalue weighted by atomic mass is 10.1. The van der Waals surface area contributed by atoms with Crippen LogP contribution >= 0.6 is 0 Å². The SMILES string of the molecule is NC1CCc2ccccc21.N[C@@H](CC(=O)O)C(=O)O. The van der Waals surface area contributed by atoms with Gasteiger partial charge in [-0.1, -0.05) is 24.3 Å². The number of benzene rings is 1. The molecule has 1 aromatic carbocycles. The first-order valence-electron chi connectivity index (χ1n) is 5.95. The van der Waals surface area contributed by atoms with Gasteiger partial charge in [0.05, 0.1) is 6.42 Å². The minimum Gasteiger partial charge on any atom is -0.481 e. The van der Waals surface area contributed by atoms with Gasteiger partial charge in [-0.2, -0.15) is 0 Å². The molecule has 0 fully saturated rings. The molecule has 0 radical (unpaired) electrons. The maximum absolute atomic E-state index is 9.85. The Bertz CT molecular complexity index is 462. The summed E-state index contributed by atoms with van der Waals surface area (Å²) in [6.07, 6.45) is 1.76. The van der Waals surface area contributed by atoms with Crippen molar-refractivity contribution >= 4 is 11.9 Å². The maximum Gasteiger partial charge on any atom is 0.321 e. The van der Waals surface area contributed by atoms with Crippen LogP contribution in [0.2, 0.25) is 0 Å². The molecule has 19 heavy (non-hydrogen) atoms. The number of fused-ring (bicyclic) bond motifs is 1. The largest absolute Gasteiger partial charge is 0.481 e. The lowest BCUT2D eigenvalue weighted by Gasteiger charge is -2.01. The molecule has 2 atom stereocenters. The van der Waals surface area contributed by atoms with E-state index < -0.39 is 24.4 Å². The Morgan fingerprint density at radius 2 is 1.95 bits per heavy atom. The molecular weight excluding hydrogens is 248 g/mol. The van der Waals surface area contributed by atoms with Crippen molar-refractivity contribution in [2.75, 3.05) is 0 Å². The number of carboxylic acids is 2. The molecule has 1 unspecified atom stereocenters. The van der Waals surface area contributed by atoms with E-state index in [2.05, 4.69) is 24.3 Å². The number of nitrogens with two attached hydrogens (primary N) is 2. The second-order valence-electron chi connectivity index (χ2n) is 4.39. The third-order valence-corrected chi connectivity index (χ3v) is 2.89. The summed E-state index contributed by atoms with van der Waals surface area (Å²) in [4.78, 5) is 19.6. The number of carboxylic acid groups (broad SMARTS) is 2. The van der Waals surface area contributed by atoms with Crippen molar-refractivity contribution in [3.8, 4) is 0 Å². The lowest BCUT2D eigenvalue weighted by molar-refractivity contribution is -0.144. The average molecular weight is 266 g/mol. The van der Waals surface area contributed by atoms with Crippen molar-refractivity contribution in [3.63, 3.8) is 0 Å². The number of rotatable bonds is 3. The molecule has 0 spiro atoms. The molecule has 0 saturated heterocycles. The van der Waals surface area contributed by atoms with Crippen molar-refractivity contribution in [2.24, 2.45) is 11.5 Å². The van der Waals surface area contributed by atoms with Crippen molar-refractivity contribution in [1.29, 1.82) is 0 Å². The normalized spacial score (nSPS) is 17.9. The molecule has 0 aliphatic heterocycles. The first kappa shape index (κ1) is 15.1. The van der Waals surface area contributed by atoms with Crippen LogP contribution in [0.1, 0.15) is 30.0 Å². The highest BCUT2D eigenvalue weighted by Gasteiger charge is 2.17. The fourth-order valence-corrected chi connectivity index (χ4v) is 1.87. The molecule has 1 aliphatic carbocycles. The minimum atomic E-state index is -1.29. The van der Waals surface area contributed by atoms with Gasteiger partial charge in [0.25, 0.3) is 0 Å². The second-order valence-corrected chi connectivity index (χ2v) is 4.39. The number of aryl methyl sites for hydroxylation is 1. The van der Waals surface area contributed by atoms with Gasteiger partial charge < -0.3 is 21.7 Å². The van der Waals surface area contributed by atoms with E-state index in [0.717, 1.165) is 12.8 Å². The molecule has 6 nitrogen and oxygen atoms in total. The smallest absolute Gasteiger partial charge is 0.321 e. The molecule has 0 heterocycles. The molecule has 0 amide bonds. The maximum atomic E-state index is 9.85. The second kappa shape index (κ2) is 6.86. The molecule has 0 aromatic heterocycles. The molecule has 6 heteroatoms. The van der Waals surface area contributed by atoms with Crippen LogP contribution in [0, 0.1) is 0 Å². The molecule has 1 aliphatic rings. The predicted octanol–water partition coefficient (Wildman–Crippen LogP) is 0.506. The Hall–Kier alpha value is -1.92. The van der Waals surface area contributed by atoms with E-state index in [0.29, 0.717) is 6.04 Å². The van der Waals surface area contributed by atoms with Gasteiger partial charge in [-0.25, -0.2) is 0 Å². The molecule has 104 valence electrons. The van der Waals surface area contributed by atoms with Gasteiger partial charge in [-0.05, 0) is 24.0 Å². The van der Waals surface area contributed by atoms with E-state index in [1.54, 1.807) is 0 Å². The molecule has 2 rings (SSSR count). The monoisotopic (exact) mass is 266 g/mol. The quantitative estimate of drug-likeness (QED) is 0.631. The van der Waals surface area contributed by atoms with E-state index in [9.17, 15) is 9.59 Å². The van der Waals surface area contributed by atoms with Crippen molar-refractivity contribution in [3.05, 3.63) is 35.4 Å². The van der Waals surface area contributed by atoms with Gasteiger partial charge in [-0.15, -0.1) is 0 Å². The van der Waals surface area contributed by atoms with Crippen LogP contribution in [0.3, 0.4) is 0 Å². The summed E-state index contributed by atoms with van der Waals surface area (Å²) in [5, 5.41) is 16.0. The van der Waals surface area contributed by atoms with Gasteiger partial charge >= 0.3 is 11.9 Å². The van der Waals surface area contributed by atoms with Crippen LogP contribution in [0.15, 0.2) is 24.3 Å². The highest BCUT2D eigenvalue weighted by molar-refractivity contribution is 5.80. The summed E-state index contributed by atoms with van der Waals surface area (Å²) in [5.74, 6) is -2.50. The van der Waals surface area contributed by atoms with Crippen molar-refractivity contribution in [1.82, 2.24) is 0 Å². The van der Waals surface area contributed by atoms with Crippen LogP contribution in [0.5, 0.6) is 0 Å². The summed E-state index contributed by atoms with van der Waals surface area (Å²) in [6.45, 7) is 0. The summed E-state index contributed by atoms with van der Waals surface area (Å²) in [5.41, 5.74) is 13.5. The highest BCUT2D eigenvalue weighted by Crippen LogP contribution is 2.28. The van der Waals surface area contributed by atoms with Gasteiger partial charge in [0, 0.05) is 6.04 Å². The molecule has 6 N–H and O–H groups in total. The first-order chi connectivity index (χ1) is 8.91. The summed E-state index contributed by atoms with van der Waals surface area (Å²) in [6, 6.07) is 7.45. The van der Waals surface area contributed by atoms with Crippen LogP contribution in [-0.4, -0.2) is 28.2 Å². The van der Waals surface area contributed by atoms with Crippen LogP contribution in [0.25, 0.3) is 0 Å². The van der Waals surface area contributed by atoms with Crippen molar-refractivity contribution in [2.45, 2.75) is 31.3 Å². The highest BCUT2D eigenvalue weighted by atomic mass is 16.4. The molecule has 1 aromatic rings. The van der Waals surface area contributed by atoms with E-state index in [4.69, 9.17) is 21.7 Å². The van der Waals surface area contributed by atoms with Gasteiger partial charge in [0.1, 0.15) is 6.04 Å². The zero-order valence-electron chi connectivity index (χ0n) is 10.5. The van der Waals surface area contributed by atoms with Crippen LogP contribution < -0.4 is 11.5 Å².